The van der Waals surface area contributed by atoms with E-state index in [1.807, 2.05) is 25.1 Å². The van der Waals surface area contributed by atoms with Crippen LogP contribution in [0.15, 0.2) is 36.5 Å². The fraction of sp³-hybridized carbons (Fsp3) is 0.250. The van der Waals surface area contributed by atoms with Crippen molar-refractivity contribution in [3.05, 3.63) is 52.8 Å². The molecule has 116 valence electrons. The van der Waals surface area contributed by atoms with Gasteiger partial charge in [-0.1, -0.05) is 17.7 Å². The standard InChI is InChI=1S/C16H18ClN3O2/c1-11-3-4-12(9-14(11)17)20-13-5-6-18-15(10-13)16(21)19-7-8-22-2/h3-6,9-10H,7-8H2,1-2H3,(H,18,20)(H,19,21). The lowest BCUT2D eigenvalue weighted by molar-refractivity contribution is 0.0932. The van der Waals surface area contributed by atoms with Gasteiger partial charge in [0.05, 0.1) is 6.61 Å². The number of nitrogens with zero attached hydrogens (tertiary/aromatic N) is 1. The van der Waals surface area contributed by atoms with Crippen LogP contribution in [0.2, 0.25) is 5.02 Å². The smallest absolute Gasteiger partial charge is 0.270 e. The zero-order valence-corrected chi connectivity index (χ0v) is 13.3. The van der Waals surface area contributed by atoms with E-state index < -0.39 is 0 Å². The first kappa shape index (κ1) is 16.3. The third-order valence-electron chi connectivity index (χ3n) is 3.04. The molecule has 0 unspecified atom stereocenters. The number of aryl methyl sites for hydroxylation is 1. The number of methoxy groups -OCH3 is 1. The number of ether oxygens (including phenoxy) is 1. The Morgan fingerprint density at radius 3 is 2.77 bits per heavy atom. The maximum Gasteiger partial charge on any atom is 0.270 e. The molecule has 1 aromatic heterocycles. The van der Waals surface area contributed by atoms with E-state index in [0.29, 0.717) is 23.9 Å². The number of nitrogens with one attached hydrogen (secondary N) is 2. The van der Waals surface area contributed by atoms with E-state index in [2.05, 4.69) is 15.6 Å². The fourth-order valence-electron chi connectivity index (χ4n) is 1.83. The highest BCUT2D eigenvalue weighted by Gasteiger charge is 2.07. The predicted molar refractivity (Wildman–Crippen MR) is 87.9 cm³/mol. The van der Waals surface area contributed by atoms with Crippen LogP contribution in [-0.2, 0) is 4.74 Å². The molecule has 1 aromatic carbocycles. The molecule has 2 N–H and O–H groups in total. The van der Waals surface area contributed by atoms with Gasteiger partial charge in [-0.15, -0.1) is 0 Å². The summed E-state index contributed by atoms with van der Waals surface area (Å²) in [5.41, 5.74) is 2.99. The highest BCUT2D eigenvalue weighted by atomic mass is 35.5. The van der Waals surface area contributed by atoms with Crippen LogP contribution in [0.5, 0.6) is 0 Å². The lowest BCUT2D eigenvalue weighted by Crippen LogP contribution is -2.27. The van der Waals surface area contributed by atoms with Crippen molar-refractivity contribution in [2.24, 2.45) is 0 Å². The van der Waals surface area contributed by atoms with Gasteiger partial charge in [0.2, 0.25) is 0 Å². The number of carbonyl (C=O) groups is 1. The minimum absolute atomic E-state index is 0.234. The molecular formula is C16H18ClN3O2. The summed E-state index contributed by atoms with van der Waals surface area (Å²) in [5, 5.41) is 6.63. The summed E-state index contributed by atoms with van der Waals surface area (Å²) in [7, 11) is 1.58. The number of halogens is 1. The summed E-state index contributed by atoms with van der Waals surface area (Å²) < 4.78 is 4.89. The number of carbonyl (C=O) groups excluding carboxylic acids is 1. The Kier molecular flexibility index (Phi) is 5.75. The Bertz CT molecular complexity index is 662. The molecule has 0 saturated heterocycles. The largest absolute Gasteiger partial charge is 0.383 e. The summed E-state index contributed by atoms with van der Waals surface area (Å²) in [5.74, 6) is -0.234. The topological polar surface area (TPSA) is 63.2 Å². The summed E-state index contributed by atoms with van der Waals surface area (Å²) in [6.07, 6.45) is 1.59. The van der Waals surface area contributed by atoms with E-state index in [4.69, 9.17) is 16.3 Å². The molecule has 1 heterocycles. The average Bonchev–Trinajstić information content (AvgIpc) is 2.51. The molecule has 5 nitrogen and oxygen atoms in total. The third kappa shape index (κ3) is 4.44. The maximum atomic E-state index is 11.9. The van der Waals surface area contributed by atoms with Crippen molar-refractivity contribution in [2.45, 2.75) is 6.92 Å². The molecular weight excluding hydrogens is 302 g/mol. The van der Waals surface area contributed by atoms with E-state index in [0.717, 1.165) is 16.9 Å². The van der Waals surface area contributed by atoms with Crippen LogP contribution in [0.3, 0.4) is 0 Å². The summed E-state index contributed by atoms with van der Waals surface area (Å²) in [4.78, 5) is 16.0. The number of rotatable bonds is 6. The van der Waals surface area contributed by atoms with Crippen LogP contribution >= 0.6 is 11.6 Å². The highest BCUT2D eigenvalue weighted by molar-refractivity contribution is 6.31. The molecule has 22 heavy (non-hydrogen) atoms. The van der Waals surface area contributed by atoms with Crippen molar-refractivity contribution in [3.8, 4) is 0 Å². The molecule has 0 fully saturated rings. The Balaban J connectivity index is 2.07. The second kappa shape index (κ2) is 7.77. The van der Waals surface area contributed by atoms with E-state index in [9.17, 15) is 4.79 Å². The van der Waals surface area contributed by atoms with Gasteiger partial charge in [0.1, 0.15) is 5.69 Å². The lowest BCUT2D eigenvalue weighted by atomic mass is 10.2. The number of aromatic nitrogens is 1. The first-order chi connectivity index (χ1) is 10.6. The van der Waals surface area contributed by atoms with Crippen LogP contribution in [0.25, 0.3) is 0 Å². The van der Waals surface area contributed by atoms with Crippen molar-refractivity contribution >= 4 is 28.9 Å². The van der Waals surface area contributed by atoms with E-state index >= 15 is 0 Å². The van der Waals surface area contributed by atoms with Crippen LogP contribution in [-0.4, -0.2) is 31.2 Å². The van der Waals surface area contributed by atoms with Crippen LogP contribution in [0, 0.1) is 6.92 Å². The van der Waals surface area contributed by atoms with E-state index in [1.54, 1.807) is 25.4 Å². The van der Waals surface area contributed by atoms with Crippen LogP contribution in [0.4, 0.5) is 11.4 Å². The number of anilines is 2. The van der Waals surface area contributed by atoms with Crippen molar-refractivity contribution in [3.63, 3.8) is 0 Å². The van der Waals surface area contributed by atoms with Gasteiger partial charge >= 0.3 is 0 Å². The fourth-order valence-corrected chi connectivity index (χ4v) is 2.01. The molecule has 0 radical (unpaired) electrons. The quantitative estimate of drug-likeness (QED) is 0.803. The van der Waals surface area contributed by atoms with Gasteiger partial charge in [0.15, 0.2) is 0 Å². The second-order valence-electron chi connectivity index (χ2n) is 4.77. The molecule has 0 spiro atoms. The van der Waals surface area contributed by atoms with Gasteiger partial charge in [0, 0.05) is 36.2 Å². The maximum absolute atomic E-state index is 11.9. The summed E-state index contributed by atoms with van der Waals surface area (Å²) in [6, 6.07) is 9.19. The molecule has 6 heteroatoms. The SMILES string of the molecule is COCCNC(=O)c1cc(Nc2ccc(C)c(Cl)c2)ccn1. The van der Waals surface area contributed by atoms with Gasteiger partial charge < -0.3 is 15.4 Å². The van der Waals surface area contributed by atoms with Gasteiger partial charge in [-0.25, -0.2) is 0 Å². The minimum atomic E-state index is -0.234. The monoisotopic (exact) mass is 319 g/mol. The predicted octanol–water partition coefficient (Wildman–Crippen LogP) is 3.16. The van der Waals surface area contributed by atoms with E-state index in [-0.39, 0.29) is 5.91 Å². The second-order valence-corrected chi connectivity index (χ2v) is 5.17. The first-order valence-corrected chi connectivity index (χ1v) is 7.24. The van der Waals surface area contributed by atoms with Gasteiger partial charge in [-0.05, 0) is 36.8 Å². The Morgan fingerprint density at radius 2 is 2.05 bits per heavy atom. The molecule has 2 rings (SSSR count). The Morgan fingerprint density at radius 1 is 1.27 bits per heavy atom. The molecule has 2 aromatic rings. The number of amides is 1. The minimum Gasteiger partial charge on any atom is -0.383 e. The van der Waals surface area contributed by atoms with Gasteiger partial charge in [-0.2, -0.15) is 0 Å². The molecule has 0 aliphatic carbocycles. The molecule has 0 aliphatic rings. The molecule has 0 saturated carbocycles. The number of pyridine rings is 1. The molecule has 0 bridgehead atoms. The zero-order valence-electron chi connectivity index (χ0n) is 12.5. The van der Waals surface area contributed by atoms with E-state index in [1.165, 1.54) is 0 Å². The number of benzene rings is 1. The summed E-state index contributed by atoms with van der Waals surface area (Å²) >= 11 is 6.10. The van der Waals surface area contributed by atoms with Crippen molar-refractivity contribution in [1.29, 1.82) is 0 Å². The highest BCUT2D eigenvalue weighted by Crippen LogP contribution is 2.23. The van der Waals surface area contributed by atoms with Gasteiger partial charge in [0.25, 0.3) is 5.91 Å². The number of hydrogen-bond acceptors (Lipinski definition) is 4. The lowest BCUT2D eigenvalue weighted by Gasteiger charge is -2.09. The number of hydrogen-bond donors (Lipinski definition) is 2. The third-order valence-corrected chi connectivity index (χ3v) is 3.45. The van der Waals surface area contributed by atoms with Crippen LogP contribution < -0.4 is 10.6 Å². The van der Waals surface area contributed by atoms with Crippen molar-refractivity contribution in [1.82, 2.24) is 10.3 Å². The molecule has 0 atom stereocenters. The Hall–Kier alpha value is -2.11. The van der Waals surface area contributed by atoms with Crippen molar-refractivity contribution < 1.29 is 9.53 Å². The van der Waals surface area contributed by atoms with Crippen molar-refractivity contribution in [2.75, 3.05) is 25.6 Å². The zero-order chi connectivity index (χ0) is 15.9. The normalized spacial score (nSPS) is 10.3. The van der Waals surface area contributed by atoms with Gasteiger partial charge in [-0.3, -0.25) is 9.78 Å². The molecule has 1 amide bonds. The van der Waals surface area contributed by atoms with Crippen LogP contribution in [0.1, 0.15) is 16.1 Å². The summed E-state index contributed by atoms with van der Waals surface area (Å²) in [6.45, 7) is 2.86. The Labute approximate surface area is 134 Å². The average molecular weight is 320 g/mol. The molecule has 0 aliphatic heterocycles. The first-order valence-electron chi connectivity index (χ1n) is 6.86.